The molecular formula is C22H21N3O4S. The average Bonchev–Trinajstić information content (AvgIpc) is 3.30. The van der Waals surface area contributed by atoms with Crippen LogP contribution in [0.15, 0.2) is 70.7 Å². The van der Waals surface area contributed by atoms with E-state index in [4.69, 9.17) is 4.74 Å². The molecule has 0 saturated heterocycles. The number of ether oxygens (including phenoxy) is 1. The maximum absolute atomic E-state index is 12.7. The van der Waals surface area contributed by atoms with Crippen LogP contribution in [0.1, 0.15) is 6.92 Å². The van der Waals surface area contributed by atoms with Gasteiger partial charge in [0, 0.05) is 42.2 Å². The van der Waals surface area contributed by atoms with E-state index in [-0.39, 0.29) is 16.2 Å². The second-order valence-corrected chi connectivity index (χ2v) is 9.18. The Labute approximate surface area is 174 Å². The molecular weight excluding hydrogens is 402 g/mol. The third-order valence-corrected chi connectivity index (χ3v) is 6.87. The largest absolute Gasteiger partial charge is 0.496 e. The highest BCUT2D eigenvalue weighted by atomic mass is 32.2. The van der Waals surface area contributed by atoms with Crippen molar-refractivity contribution in [1.82, 2.24) is 14.3 Å². The Morgan fingerprint density at radius 1 is 1.07 bits per heavy atom. The number of rotatable bonds is 5. The standard InChI is InChI=1S/C22H21N3O4S/c1-4-30(27,28)16-7-9-21(29-3)19(13-16)20-14-24(2)22(26)17-8-6-15(12-18(17)20)25-11-5-10-23-25/h5-14H,4H2,1-3H3. The van der Waals surface area contributed by atoms with E-state index in [9.17, 15) is 13.2 Å². The predicted molar refractivity (Wildman–Crippen MR) is 116 cm³/mol. The molecule has 2 aromatic carbocycles. The average molecular weight is 423 g/mol. The third kappa shape index (κ3) is 3.29. The van der Waals surface area contributed by atoms with Gasteiger partial charge in [-0.05, 0) is 47.9 Å². The van der Waals surface area contributed by atoms with Crippen molar-refractivity contribution >= 4 is 20.6 Å². The topological polar surface area (TPSA) is 83.2 Å². The number of benzene rings is 2. The molecule has 154 valence electrons. The number of sulfone groups is 1. The molecule has 0 aliphatic rings. The Kier molecular flexibility index (Phi) is 4.95. The Balaban J connectivity index is 2.07. The summed E-state index contributed by atoms with van der Waals surface area (Å²) in [5, 5.41) is 5.47. The van der Waals surface area contributed by atoms with E-state index >= 15 is 0 Å². The molecule has 2 aromatic heterocycles. The summed E-state index contributed by atoms with van der Waals surface area (Å²) in [4.78, 5) is 13.0. The summed E-state index contributed by atoms with van der Waals surface area (Å²) >= 11 is 0. The van der Waals surface area contributed by atoms with Crippen LogP contribution in [-0.4, -0.2) is 35.6 Å². The van der Waals surface area contributed by atoms with Crippen molar-refractivity contribution in [2.75, 3.05) is 12.9 Å². The van der Waals surface area contributed by atoms with Crippen molar-refractivity contribution in [1.29, 1.82) is 0 Å². The van der Waals surface area contributed by atoms with Crippen LogP contribution in [0, 0.1) is 0 Å². The highest BCUT2D eigenvalue weighted by Gasteiger charge is 2.18. The molecule has 4 aromatic rings. The van der Waals surface area contributed by atoms with Crippen LogP contribution >= 0.6 is 0 Å². The van der Waals surface area contributed by atoms with Crippen molar-refractivity contribution in [2.45, 2.75) is 11.8 Å². The molecule has 0 saturated carbocycles. The van der Waals surface area contributed by atoms with E-state index in [2.05, 4.69) is 5.10 Å². The first-order valence-electron chi connectivity index (χ1n) is 9.40. The number of nitrogens with zero attached hydrogens (tertiary/aromatic N) is 3. The smallest absolute Gasteiger partial charge is 0.258 e. The zero-order valence-electron chi connectivity index (χ0n) is 16.9. The van der Waals surface area contributed by atoms with E-state index in [1.165, 1.54) is 11.7 Å². The molecule has 0 N–H and O–H groups in total. The number of pyridine rings is 1. The van der Waals surface area contributed by atoms with Gasteiger partial charge in [0.25, 0.3) is 5.56 Å². The van der Waals surface area contributed by atoms with E-state index in [1.54, 1.807) is 55.3 Å². The van der Waals surface area contributed by atoms with E-state index in [1.807, 2.05) is 24.4 Å². The maximum Gasteiger partial charge on any atom is 0.258 e. The van der Waals surface area contributed by atoms with E-state index in [0.717, 1.165) is 5.69 Å². The molecule has 7 nitrogen and oxygen atoms in total. The van der Waals surface area contributed by atoms with Crippen molar-refractivity contribution in [3.63, 3.8) is 0 Å². The van der Waals surface area contributed by atoms with Crippen molar-refractivity contribution in [3.05, 3.63) is 71.4 Å². The number of aryl methyl sites for hydroxylation is 1. The minimum atomic E-state index is -3.41. The minimum absolute atomic E-state index is 0.00373. The molecule has 0 atom stereocenters. The summed E-state index contributed by atoms with van der Waals surface area (Å²) in [7, 11) is -0.201. The fraction of sp³-hybridized carbons (Fsp3) is 0.182. The van der Waals surface area contributed by atoms with Crippen LogP contribution in [0.3, 0.4) is 0 Å². The van der Waals surface area contributed by atoms with Crippen LogP contribution in [-0.2, 0) is 16.9 Å². The highest BCUT2D eigenvalue weighted by Crippen LogP contribution is 2.36. The van der Waals surface area contributed by atoms with Crippen molar-refractivity contribution in [3.8, 4) is 22.6 Å². The van der Waals surface area contributed by atoms with Gasteiger partial charge in [-0.1, -0.05) is 6.92 Å². The number of fused-ring (bicyclic) bond motifs is 1. The first-order chi connectivity index (χ1) is 14.4. The minimum Gasteiger partial charge on any atom is -0.496 e. The first-order valence-corrected chi connectivity index (χ1v) is 11.1. The quantitative estimate of drug-likeness (QED) is 0.492. The third-order valence-electron chi connectivity index (χ3n) is 5.14. The SMILES string of the molecule is CCS(=O)(=O)c1ccc(OC)c(-c2cn(C)c(=O)c3ccc(-n4cccn4)cc23)c1. The lowest BCUT2D eigenvalue weighted by Crippen LogP contribution is -2.17. The zero-order valence-corrected chi connectivity index (χ0v) is 17.7. The normalized spacial score (nSPS) is 11.7. The molecule has 0 fully saturated rings. The van der Waals surface area contributed by atoms with Gasteiger partial charge in [0.05, 0.1) is 23.4 Å². The summed E-state index contributed by atoms with van der Waals surface area (Å²) in [5.41, 5.74) is 1.95. The van der Waals surface area contributed by atoms with Gasteiger partial charge in [0.2, 0.25) is 0 Å². The lowest BCUT2D eigenvalue weighted by Gasteiger charge is -2.15. The van der Waals surface area contributed by atoms with Gasteiger partial charge in [-0.2, -0.15) is 5.10 Å². The molecule has 8 heteroatoms. The predicted octanol–water partition coefficient (Wildman–Crippen LogP) is 3.19. The van der Waals surface area contributed by atoms with Gasteiger partial charge in [-0.3, -0.25) is 4.79 Å². The second-order valence-electron chi connectivity index (χ2n) is 6.90. The van der Waals surface area contributed by atoms with Crippen LogP contribution < -0.4 is 10.3 Å². The summed E-state index contributed by atoms with van der Waals surface area (Å²) < 4.78 is 33.7. The molecule has 0 unspecified atom stereocenters. The van der Waals surface area contributed by atoms with Gasteiger partial charge in [0.1, 0.15) is 5.75 Å². The number of hydrogen-bond acceptors (Lipinski definition) is 5. The van der Waals surface area contributed by atoms with Crippen molar-refractivity contribution < 1.29 is 13.2 Å². The van der Waals surface area contributed by atoms with Crippen LogP contribution in [0.5, 0.6) is 5.75 Å². The second kappa shape index (κ2) is 7.46. The molecule has 4 rings (SSSR count). The Morgan fingerprint density at radius 2 is 1.87 bits per heavy atom. The monoisotopic (exact) mass is 423 g/mol. The van der Waals surface area contributed by atoms with Crippen molar-refractivity contribution in [2.24, 2.45) is 7.05 Å². The summed E-state index contributed by atoms with van der Waals surface area (Å²) in [5.74, 6) is 0.519. The fourth-order valence-electron chi connectivity index (χ4n) is 3.49. The van der Waals surface area contributed by atoms with Gasteiger partial charge < -0.3 is 9.30 Å². The lowest BCUT2D eigenvalue weighted by atomic mass is 9.99. The fourth-order valence-corrected chi connectivity index (χ4v) is 4.40. The van der Waals surface area contributed by atoms with Gasteiger partial charge in [0.15, 0.2) is 9.84 Å². The molecule has 0 bridgehead atoms. The van der Waals surface area contributed by atoms with Gasteiger partial charge in [-0.25, -0.2) is 13.1 Å². The van der Waals surface area contributed by atoms with E-state index < -0.39 is 9.84 Å². The Bertz CT molecular complexity index is 1400. The van der Waals surface area contributed by atoms with Crippen LogP contribution in [0.4, 0.5) is 0 Å². The summed E-state index contributed by atoms with van der Waals surface area (Å²) in [6.07, 6.45) is 5.20. The molecule has 0 aliphatic heterocycles. The van der Waals surface area contributed by atoms with E-state index in [0.29, 0.717) is 27.6 Å². The van der Waals surface area contributed by atoms with Gasteiger partial charge >= 0.3 is 0 Å². The zero-order chi connectivity index (χ0) is 21.5. The molecule has 30 heavy (non-hydrogen) atoms. The molecule has 2 heterocycles. The summed E-state index contributed by atoms with van der Waals surface area (Å²) in [6.45, 7) is 1.61. The number of hydrogen-bond donors (Lipinski definition) is 0. The van der Waals surface area contributed by atoms with Gasteiger partial charge in [-0.15, -0.1) is 0 Å². The first kappa shape index (κ1) is 19.9. The molecule has 0 aliphatic carbocycles. The number of aromatic nitrogens is 3. The molecule has 0 radical (unpaired) electrons. The Hall–Kier alpha value is -3.39. The number of methoxy groups -OCH3 is 1. The Morgan fingerprint density at radius 3 is 2.53 bits per heavy atom. The summed E-state index contributed by atoms with van der Waals surface area (Å²) in [6, 6.07) is 12.1. The lowest BCUT2D eigenvalue weighted by molar-refractivity contribution is 0.416. The molecule has 0 spiro atoms. The van der Waals surface area contributed by atoms with Crippen LogP contribution in [0.25, 0.3) is 27.6 Å². The highest BCUT2D eigenvalue weighted by molar-refractivity contribution is 7.91. The van der Waals surface area contributed by atoms with Crippen LogP contribution in [0.2, 0.25) is 0 Å². The molecule has 0 amide bonds. The maximum atomic E-state index is 12.7.